The molecule has 0 bridgehead atoms. The molecule has 1 aliphatic rings. The molecule has 1 heterocycles. The van der Waals surface area contributed by atoms with E-state index < -0.39 is 10.0 Å². The Labute approximate surface area is 128 Å². The number of nitriles is 1. The van der Waals surface area contributed by atoms with Crippen LogP contribution in [0.2, 0.25) is 0 Å². The maximum Gasteiger partial charge on any atom is 0.211 e. The fourth-order valence-corrected chi connectivity index (χ4v) is 3.58. The minimum atomic E-state index is -3.14. The fraction of sp³-hybridized carbons (Fsp3) is 0.462. The predicted octanol–water partition coefficient (Wildman–Crippen LogP) is 1.59. The standard InChI is InChI=1S/C13H16BrN3O2S/c1-20(18,19)17-7-5-16(6-8-17)13(10-15)11-3-2-4-12(14)9-11/h2-4,9,13H,5-8H2,1H3. The molecule has 0 radical (unpaired) electrons. The quantitative estimate of drug-likeness (QED) is 0.823. The molecule has 1 unspecified atom stereocenters. The molecule has 7 heteroatoms. The zero-order chi connectivity index (χ0) is 14.8. The summed E-state index contributed by atoms with van der Waals surface area (Å²) in [6.07, 6.45) is 1.22. The highest BCUT2D eigenvalue weighted by atomic mass is 79.9. The van der Waals surface area contributed by atoms with Crippen molar-refractivity contribution in [2.45, 2.75) is 6.04 Å². The van der Waals surface area contributed by atoms with Crippen LogP contribution >= 0.6 is 15.9 Å². The van der Waals surface area contributed by atoms with Gasteiger partial charge in [-0.25, -0.2) is 8.42 Å². The summed E-state index contributed by atoms with van der Waals surface area (Å²) >= 11 is 3.40. The lowest BCUT2D eigenvalue weighted by atomic mass is 10.1. The van der Waals surface area contributed by atoms with Gasteiger partial charge < -0.3 is 0 Å². The van der Waals surface area contributed by atoms with E-state index in [1.807, 2.05) is 29.2 Å². The summed E-state index contributed by atoms with van der Waals surface area (Å²) in [7, 11) is -3.14. The Bertz CT molecular complexity index is 619. The van der Waals surface area contributed by atoms with Crippen molar-refractivity contribution in [1.29, 1.82) is 5.26 Å². The van der Waals surface area contributed by atoms with Crippen LogP contribution in [0.15, 0.2) is 28.7 Å². The minimum Gasteiger partial charge on any atom is -0.282 e. The minimum absolute atomic E-state index is 0.339. The highest BCUT2D eigenvalue weighted by Crippen LogP contribution is 2.24. The molecule has 1 aromatic rings. The SMILES string of the molecule is CS(=O)(=O)N1CCN(C(C#N)c2cccc(Br)c2)CC1. The van der Waals surface area contributed by atoms with E-state index in [4.69, 9.17) is 0 Å². The molecule has 1 aliphatic heterocycles. The Balaban J connectivity index is 2.10. The van der Waals surface area contributed by atoms with Gasteiger partial charge in [-0.15, -0.1) is 0 Å². The molecule has 0 N–H and O–H groups in total. The van der Waals surface area contributed by atoms with Gasteiger partial charge in [-0.2, -0.15) is 9.57 Å². The van der Waals surface area contributed by atoms with Crippen molar-refractivity contribution in [2.24, 2.45) is 0 Å². The predicted molar refractivity (Wildman–Crippen MR) is 80.5 cm³/mol. The van der Waals surface area contributed by atoms with Crippen LogP contribution in [0.25, 0.3) is 0 Å². The summed E-state index contributed by atoms with van der Waals surface area (Å²) in [6.45, 7) is 2.01. The van der Waals surface area contributed by atoms with Crippen LogP contribution < -0.4 is 0 Å². The van der Waals surface area contributed by atoms with Gasteiger partial charge in [-0.3, -0.25) is 4.90 Å². The average Bonchev–Trinajstić information content (AvgIpc) is 2.39. The first-order chi connectivity index (χ1) is 9.41. The Morgan fingerprint density at radius 1 is 1.30 bits per heavy atom. The van der Waals surface area contributed by atoms with Crippen molar-refractivity contribution < 1.29 is 8.42 Å². The van der Waals surface area contributed by atoms with E-state index in [0.717, 1.165) is 10.0 Å². The highest BCUT2D eigenvalue weighted by molar-refractivity contribution is 9.10. The van der Waals surface area contributed by atoms with E-state index in [0.29, 0.717) is 26.2 Å². The number of piperazine rings is 1. The normalized spacial score (nSPS) is 19.4. The third kappa shape index (κ3) is 3.58. The Kier molecular flexibility index (Phi) is 4.81. The largest absolute Gasteiger partial charge is 0.282 e. The van der Waals surface area contributed by atoms with Crippen molar-refractivity contribution in [1.82, 2.24) is 9.21 Å². The number of rotatable bonds is 3. The zero-order valence-electron chi connectivity index (χ0n) is 11.2. The number of sulfonamides is 1. The molecule has 1 aromatic carbocycles. The van der Waals surface area contributed by atoms with Crippen LogP contribution in [-0.2, 0) is 10.0 Å². The lowest BCUT2D eigenvalue weighted by Crippen LogP contribution is -2.49. The van der Waals surface area contributed by atoms with Gasteiger partial charge in [0, 0.05) is 30.7 Å². The number of hydrogen-bond acceptors (Lipinski definition) is 4. The van der Waals surface area contributed by atoms with E-state index in [9.17, 15) is 13.7 Å². The summed E-state index contributed by atoms with van der Waals surface area (Å²) in [5, 5.41) is 9.41. The molecule has 108 valence electrons. The lowest BCUT2D eigenvalue weighted by molar-refractivity contribution is 0.163. The Hall–Kier alpha value is -0.940. The maximum atomic E-state index is 11.5. The summed E-state index contributed by atoms with van der Waals surface area (Å²) < 4.78 is 25.4. The van der Waals surface area contributed by atoms with Crippen molar-refractivity contribution >= 4 is 26.0 Å². The van der Waals surface area contributed by atoms with Gasteiger partial charge in [0.25, 0.3) is 0 Å². The molecule has 0 saturated carbocycles. The molecule has 1 saturated heterocycles. The number of halogens is 1. The van der Waals surface area contributed by atoms with Gasteiger partial charge in [0.15, 0.2) is 0 Å². The molecule has 0 aromatic heterocycles. The van der Waals surface area contributed by atoms with Crippen molar-refractivity contribution in [3.8, 4) is 6.07 Å². The van der Waals surface area contributed by atoms with Gasteiger partial charge >= 0.3 is 0 Å². The number of benzene rings is 1. The van der Waals surface area contributed by atoms with Crippen LogP contribution in [0.1, 0.15) is 11.6 Å². The summed E-state index contributed by atoms with van der Waals surface area (Å²) in [6, 6.07) is 9.63. The lowest BCUT2D eigenvalue weighted by Gasteiger charge is -2.35. The molecule has 0 spiro atoms. The first-order valence-electron chi connectivity index (χ1n) is 6.26. The van der Waals surface area contributed by atoms with E-state index in [1.54, 1.807) is 0 Å². The highest BCUT2D eigenvalue weighted by Gasteiger charge is 2.28. The molecular formula is C13H16BrN3O2S. The third-order valence-electron chi connectivity index (χ3n) is 3.39. The van der Waals surface area contributed by atoms with Gasteiger partial charge in [-0.05, 0) is 17.7 Å². The van der Waals surface area contributed by atoms with E-state index in [2.05, 4.69) is 22.0 Å². The summed E-state index contributed by atoms with van der Waals surface area (Å²) in [5.74, 6) is 0. The molecule has 20 heavy (non-hydrogen) atoms. The first-order valence-corrected chi connectivity index (χ1v) is 8.90. The molecular weight excluding hydrogens is 342 g/mol. The number of nitrogens with zero attached hydrogens (tertiary/aromatic N) is 3. The van der Waals surface area contributed by atoms with E-state index in [-0.39, 0.29) is 6.04 Å². The van der Waals surface area contributed by atoms with Crippen molar-refractivity contribution in [3.05, 3.63) is 34.3 Å². The van der Waals surface area contributed by atoms with E-state index >= 15 is 0 Å². The molecule has 0 amide bonds. The molecule has 1 fully saturated rings. The second kappa shape index (κ2) is 6.22. The van der Waals surface area contributed by atoms with Crippen LogP contribution in [0.5, 0.6) is 0 Å². The molecule has 5 nitrogen and oxygen atoms in total. The second-order valence-electron chi connectivity index (χ2n) is 4.78. The zero-order valence-corrected chi connectivity index (χ0v) is 13.6. The fourth-order valence-electron chi connectivity index (χ4n) is 2.34. The Morgan fingerprint density at radius 2 is 1.95 bits per heavy atom. The average molecular weight is 358 g/mol. The first kappa shape index (κ1) is 15.4. The van der Waals surface area contributed by atoms with Crippen LogP contribution in [0, 0.1) is 11.3 Å². The van der Waals surface area contributed by atoms with Gasteiger partial charge in [0.05, 0.1) is 12.3 Å². The van der Waals surface area contributed by atoms with Crippen LogP contribution in [0.4, 0.5) is 0 Å². The van der Waals surface area contributed by atoms with E-state index in [1.165, 1.54) is 10.6 Å². The molecule has 0 aliphatic carbocycles. The summed E-state index contributed by atoms with van der Waals surface area (Å²) in [5.41, 5.74) is 0.926. The summed E-state index contributed by atoms with van der Waals surface area (Å²) in [4.78, 5) is 2.02. The Morgan fingerprint density at radius 3 is 2.45 bits per heavy atom. The topological polar surface area (TPSA) is 64.4 Å². The van der Waals surface area contributed by atoms with Crippen molar-refractivity contribution in [3.63, 3.8) is 0 Å². The number of hydrogen-bond donors (Lipinski definition) is 0. The van der Waals surface area contributed by atoms with Gasteiger partial charge in [0.1, 0.15) is 6.04 Å². The van der Waals surface area contributed by atoms with Gasteiger partial charge in [0.2, 0.25) is 10.0 Å². The molecule has 2 rings (SSSR count). The second-order valence-corrected chi connectivity index (χ2v) is 7.68. The van der Waals surface area contributed by atoms with Gasteiger partial charge in [-0.1, -0.05) is 28.1 Å². The smallest absolute Gasteiger partial charge is 0.211 e. The van der Waals surface area contributed by atoms with Crippen LogP contribution in [0.3, 0.4) is 0 Å². The maximum absolute atomic E-state index is 11.5. The third-order valence-corrected chi connectivity index (χ3v) is 5.19. The monoisotopic (exact) mass is 357 g/mol. The van der Waals surface area contributed by atoms with Crippen molar-refractivity contribution in [2.75, 3.05) is 32.4 Å². The van der Waals surface area contributed by atoms with Crippen LogP contribution in [-0.4, -0.2) is 50.1 Å². The molecule has 1 atom stereocenters.